The van der Waals surface area contributed by atoms with Crippen LogP contribution >= 0.6 is 11.6 Å². The molecule has 0 saturated heterocycles. The quantitative estimate of drug-likeness (QED) is 0.743. The minimum atomic E-state index is 0.831. The summed E-state index contributed by atoms with van der Waals surface area (Å²) in [5, 5.41) is 3.21. The molecule has 0 aromatic heterocycles. The Morgan fingerprint density at radius 2 is 1.69 bits per heavy atom. The van der Waals surface area contributed by atoms with Crippen molar-refractivity contribution in [2.75, 3.05) is 0 Å². The van der Waals surface area contributed by atoms with E-state index in [0.717, 1.165) is 10.4 Å². The van der Waals surface area contributed by atoms with Crippen molar-refractivity contribution in [1.82, 2.24) is 0 Å². The molecular weight excluding hydrogens is 259 g/mol. The van der Waals surface area contributed by atoms with Crippen LogP contribution in [0, 0.1) is 0 Å². The Morgan fingerprint density at radius 1 is 1.00 bits per heavy atom. The second kappa shape index (κ2) is 3.86. The molecular formula is C11H7ClZr+2. The van der Waals surface area contributed by atoms with E-state index in [4.69, 9.17) is 11.6 Å². The molecule has 2 aromatic rings. The van der Waals surface area contributed by atoms with Crippen LogP contribution in [0.2, 0.25) is 5.02 Å². The van der Waals surface area contributed by atoms with E-state index < -0.39 is 0 Å². The van der Waals surface area contributed by atoms with E-state index in [9.17, 15) is 0 Å². The van der Waals surface area contributed by atoms with Crippen LogP contribution < -0.4 is 0 Å². The van der Waals surface area contributed by atoms with Gasteiger partial charge in [-0.05, 0) is 0 Å². The van der Waals surface area contributed by atoms with E-state index in [1.165, 1.54) is 35.2 Å². The Hall–Kier alpha value is -0.257. The Labute approximate surface area is 96.8 Å². The average molecular weight is 266 g/mol. The topological polar surface area (TPSA) is 0 Å². The van der Waals surface area contributed by atoms with Gasteiger partial charge in [0.05, 0.1) is 0 Å². The molecule has 0 aliphatic rings. The molecule has 0 radical (unpaired) electrons. The van der Waals surface area contributed by atoms with Crippen LogP contribution in [0.5, 0.6) is 0 Å². The third-order valence-electron chi connectivity index (χ3n) is 2.06. The van der Waals surface area contributed by atoms with Gasteiger partial charge in [-0.25, -0.2) is 0 Å². The second-order valence-electron chi connectivity index (χ2n) is 2.83. The number of hydrogen-bond acceptors (Lipinski definition) is 0. The molecule has 2 heteroatoms. The van der Waals surface area contributed by atoms with Gasteiger partial charge in [-0.1, -0.05) is 0 Å². The second-order valence-corrected chi connectivity index (χ2v) is 3.94. The fourth-order valence-electron chi connectivity index (χ4n) is 1.42. The van der Waals surface area contributed by atoms with E-state index in [1.54, 1.807) is 0 Å². The van der Waals surface area contributed by atoms with Gasteiger partial charge in [0.2, 0.25) is 0 Å². The Morgan fingerprint density at radius 3 is 2.46 bits per heavy atom. The van der Waals surface area contributed by atoms with Gasteiger partial charge in [0.15, 0.2) is 0 Å². The van der Waals surface area contributed by atoms with E-state index in [2.05, 4.69) is 21.9 Å². The first kappa shape index (κ1) is 9.30. The first-order valence-electron chi connectivity index (χ1n) is 4.00. The zero-order chi connectivity index (χ0) is 9.26. The Balaban J connectivity index is 2.92. The van der Waals surface area contributed by atoms with E-state index in [0.29, 0.717) is 0 Å². The maximum absolute atomic E-state index is 6.08. The molecule has 0 saturated carbocycles. The first-order chi connectivity index (χ1) is 6.33. The van der Waals surface area contributed by atoms with Gasteiger partial charge in [0, 0.05) is 0 Å². The number of benzene rings is 2. The molecule has 0 amide bonds. The number of rotatable bonds is 1. The Bertz CT molecular complexity index is 463. The van der Waals surface area contributed by atoms with Crippen molar-refractivity contribution in [2.45, 2.75) is 0 Å². The molecule has 60 valence electrons. The predicted octanol–water partition coefficient (Wildman–Crippen LogP) is 3.19. The van der Waals surface area contributed by atoms with Gasteiger partial charge in [0.1, 0.15) is 0 Å². The van der Waals surface area contributed by atoms with E-state index in [-0.39, 0.29) is 0 Å². The zero-order valence-corrected chi connectivity index (χ0v) is 10.1. The SMILES string of the molecule is Clc1cccc2c([CH]=[Zr+2])cccc12. The van der Waals surface area contributed by atoms with Crippen LogP contribution in [0.3, 0.4) is 0 Å². The summed E-state index contributed by atoms with van der Waals surface area (Å²) in [6.07, 6.45) is 0. The van der Waals surface area contributed by atoms with Crippen molar-refractivity contribution < 1.29 is 24.2 Å². The molecule has 0 atom stereocenters. The molecule has 0 unspecified atom stereocenters. The number of fused-ring (bicyclic) bond motifs is 1. The number of hydrogen-bond donors (Lipinski definition) is 0. The zero-order valence-electron chi connectivity index (χ0n) is 6.92. The van der Waals surface area contributed by atoms with Crippen LogP contribution in [0.1, 0.15) is 5.56 Å². The monoisotopic (exact) mass is 264 g/mol. The molecule has 0 spiro atoms. The summed E-state index contributed by atoms with van der Waals surface area (Å²) in [5.74, 6) is 0. The Kier molecular flexibility index (Phi) is 2.76. The van der Waals surface area contributed by atoms with Crippen molar-refractivity contribution in [3.63, 3.8) is 0 Å². The van der Waals surface area contributed by atoms with Gasteiger partial charge in [-0.15, -0.1) is 0 Å². The molecule has 0 bridgehead atoms. The van der Waals surface area contributed by atoms with Crippen LogP contribution in [0.4, 0.5) is 0 Å². The number of halogens is 1. The fraction of sp³-hybridized carbons (Fsp3) is 0. The van der Waals surface area contributed by atoms with E-state index >= 15 is 0 Å². The van der Waals surface area contributed by atoms with Crippen molar-refractivity contribution >= 4 is 26.1 Å². The normalized spacial score (nSPS) is 10.4. The molecule has 0 aliphatic carbocycles. The van der Waals surface area contributed by atoms with Crippen molar-refractivity contribution in [1.29, 1.82) is 0 Å². The predicted molar refractivity (Wildman–Crippen MR) is 54.1 cm³/mol. The first-order valence-corrected chi connectivity index (χ1v) is 5.80. The molecule has 0 N–H and O–H groups in total. The third kappa shape index (κ3) is 1.68. The molecule has 2 rings (SSSR count). The van der Waals surface area contributed by atoms with Crippen molar-refractivity contribution in [3.05, 3.63) is 47.0 Å². The van der Waals surface area contributed by atoms with E-state index in [1.807, 2.05) is 18.2 Å². The molecule has 0 aliphatic heterocycles. The van der Waals surface area contributed by atoms with Crippen LogP contribution in [-0.4, -0.2) is 3.71 Å². The summed E-state index contributed by atoms with van der Waals surface area (Å²) in [6.45, 7) is 0. The summed E-state index contributed by atoms with van der Waals surface area (Å²) < 4.78 is 2.19. The van der Waals surface area contributed by atoms with Gasteiger partial charge in [0.25, 0.3) is 0 Å². The molecule has 0 heterocycles. The average Bonchev–Trinajstić information content (AvgIpc) is 2.18. The minimum absolute atomic E-state index is 0.831. The van der Waals surface area contributed by atoms with Crippen molar-refractivity contribution in [3.8, 4) is 0 Å². The molecule has 0 fully saturated rings. The van der Waals surface area contributed by atoms with Gasteiger partial charge in [-0.3, -0.25) is 0 Å². The molecule has 0 nitrogen and oxygen atoms in total. The maximum atomic E-state index is 6.08. The molecule has 13 heavy (non-hydrogen) atoms. The van der Waals surface area contributed by atoms with Crippen LogP contribution in [0.15, 0.2) is 36.4 Å². The summed E-state index contributed by atoms with van der Waals surface area (Å²) in [7, 11) is 0. The van der Waals surface area contributed by atoms with Crippen molar-refractivity contribution in [2.24, 2.45) is 0 Å². The van der Waals surface area contributed by atoms with Gasteiger partial charge < -0.3 is 0 Å². The summed E-state index contributed by atoms with van der Waals surface area (Å²) in [5.41, 5.74) is 1.28. The van der Waals surface area contributed by atoms with Crippen LogP contribution in [-0.2, 0) is 24.2 Å². The third-order valence-corrected chi connectivity index (χ3v) is 3.15. The fourth-order valence-corrected chi connectivity index (χ4v) is 2.28. The standard InChI is InChI=1S/C11H7Cl.Zr/c1-8-4-2-6-10-9(8)5-3-7-11(10)12;/h1-7H;/q;+2. The van der Waals surface area contributed by atoms with Gasteiger partial charge in [-0.2, -0.15) is 0 Å². The summed E-state index contributed by atoms with van der Waals surface area (Å²) in [4.78, 5) is 0. The summed E-state index contributed by atoms with van der Waals surface area (Å²) >= 11 is 7.49. The molecule has 2 aromatic carbocycles. The van der Waals surface area contributed by atoms with Crippen LogP contribution in [0.25, 0.3) is 10.8 Å². The summed E-state index contributed by atoms with van der Waals surface area (Å²) in [6, 6.07) is 12.2. The van der Waals surface area contributed by atoms with Gasteiger partial charge >= 0.3 is 97.3 Å².